The van der Waals surface area contributed by atoms with Gasteiger partial charge in [-0.05, 0) is 25.0 Å². The Morgan fingerprint density at radius 2 is 1.97 bits per heavy atom. The van der Waals surface area contributed by atoms with Gasteiger partial charge in [-0.25, -0.2) is 0 Å². The molecule has 10 nitrogen and oxygen atoms in total. The van der Waals surface area contributed by atoms with Gasteiger partial charge in [0, 0.05) is 52.2 Å². The maximum Gasteiger partial charge on any atom is 0.266 e. The van der Waals surface area contributed by atoms with Crippen LogP contribution >= 0.6 is 0 Å². The van der Waals surface area contributed by atoms with Crippen LogP contribution in [0.5, 0.6) is 0 Å². The molecule has 1 N–H and O–H groups in total. The van der Waals surface area contributed by atoms with Crippen LogP contribution in [0.2, 0.25) is 0 Å². The maximum absolute atomic E-state index is 12.5. The molecule has 2 aromatic heterocycles. The van der Waals surface area contributed by atoms with Gasteiger partial charge in [0.05, 0.1) is 12.8 Å². The normalized spacial score (nSPS) is 18.1. The lowest BCUT2D eigenvalue weighted by molar-refractivity contribution is -0.130. The van der Waals surface area contributed by atoms with Crippen LogP contribution in [0.3, 0.4) is 0 Å². The molecule has 0 saturated carbocycles. The summed E-state index contributed by atoms with van der Waals surface area (Å²) in [5.74, 6) is 1.30. The number of rotatable bonds is 5. The highest BCUT2D eigenvalue weighted by atomic mass is 16.4. The van der Waals surface area contributed by atoms with Crippen molar-refractivity contribution in [2.45, 2.75) is 25.8 Å². The fraction of sp³-hybridized carbons (Fsp3) is 0.524. The Morgan fingerprint density at radius 1 is 1.23 bits per heavy atom. The second-order valence-corrected chi connectivity index (χ2v) is 7.87. The third-order valence-electron chi connectivity index (χ3n) is 5.78. The van der Waals surface area contributed by atoms with Gasteiger partial charge < -0.3 is 24.0 Å². The fourth-order valence-corrected chi connectivity index (χ4v) is 4.03. The lowest BCUT2D eigenvalue weighted by atomic mass is 10.1. The molecule has 0 radical (unpaired) electrons. The third kappa shape index (κ3) is 4.88. The standard InChI is InChI=1S/C21H26N6O4/c1-15(28)26-6-4-16(5-7-26)23-19(29)14-25-8-10-27(11-9-25)21-17(13-22)24-20(31-21)18-3-2-12-30-18/h2-3,12,16H,4-11,14H2,1H3,(H,23,29). The maximum atomic E-state index is 12.5. The number of oxazole rings is 1. The number of anilines is 1. The summed E-state index contributed by atoms with van der Waals surface area (Å²) < 4.78 is 11.1. The second-order valence-electron chi connectivity index (χ2n) is 7.87. The molecule has 2 fully saturated rings. The van der Waals surface area contributed by atoms with Gasteiger partial charge in [0.25, 0.3) is 5.89 Å². The predicted octanol–water partition coefficient (Wildman–Crippen LogP) is 1.06. The molecule has 0 aliphatic carbocycles. The first-order valence-electron chi connectivity index (χ1n) is 10.5. The van der Waals surface area contributed by atoms with Gasteiger partial charge in [0.1, 0.15) is 6.07 Å². The number of furan rings is 1. The molecule has 164 valence electrons. The summed E-state index contributed by atoms with van der Waals surface area (Å²) in [5, 5.41) is 12.5. The molecule has 0 aromatic carbocycles. The number of aromatic nitrogens is 1. The van der Waals surface area contributed by atoms with E-state index in [0.29, 0.717) is 57.5 Å². The summed E-state index contributed by atoms with van der Waals surface area (Å²) in [6.07, 6.45) is 3.11. The molecule has 10 heteroatoms. The van der Waals surface area contributed by atoms with Crippen molar-refractivity contribution >= 4 is 17.7 Å². The van der Waals surface area contributed by atoms with Crippen LogP contribution in [0.1, 0.15) is 25.5 Å². The summed E-state index contributed by atoms with van der Waals surface area (Å²) in [4.78, 5) is 34.0. The zero-order valence-electron chi connectivity index (χ0n) is 17.5. The zero-order valence-corrected chi connectivity index (χ0v) is 17.5. The van der Waals surface area contributed by atoms with Crippen molar-refractivity contribution in [3.05, 3.63) is 24.1 Å². The van der Waals surface area contributed by atoms with Crippen molar-refractivity contribution in [1.29, 1.82) is 5.26 Å². The number of carbonyl (C=O) groups is 2. The molecule has 2 amide bonds. The Kier molecular flexibility index (Phi) is 6.23. The van der Waals surface area contributed by atoms with E-state index in [1.165, 1.54) is 6.26 Å². The van der Waals surface area contributed by atoms with Crippen molar-refractivity contribution < 1.29 is 18.4 Å². The van der Waals surface area contributed by atoms with Crippen LogP contribution in [0.25, 0.3) is 11.7 Å². The quantitative estimate of drug-likeness (QED) is 0.754. The Morgan fingerprint density at radius 3 is 2.58 bits per heavy atom. The average Bonchev–Trinajstić information content (AvgIpc) is 3.44. The number of carbonyl (C=O) groups excluding carboxylic acids is 2. The first-order valence-corrected chi connectivity index (χ1v) is 10.5. The van der Waals surface area contributed by atoms with Gasteiger partial charge in [-0.3, -0.25) is 14.5 Å². The number of likely N-dealkylation sites (tertiary alicyclic amines) is 1. The van der Waals surface area contributed by atoms with Crippen LogP contribution < -0.4 is 10.2 Å². The van der Waals surface area contributed by atoms with E-state index in [1.54, 1.807) is 19.1 Å². The minimum atomic E-state index is 0.00668. The number of hydrogen-bond donors (Lipinski definition) is 1. The lowest BCUT2D eigenvalue weighted by Gasteiger charge is -2.35. The number of amides is 2. The van der Waals surface area contributed by atoms with Crippen LogP contribution in [0.4, 0.5) is 5.88 Å². The summed E-state index contributed by atoms with van der Waals surface area (Å²) in [7, 11) is 0. The Labute approximate surface area is 180 Å². The largest absolute Gasteiger partial charge is 0.459 e. The van der Waals surface area contributed by atoms with Gasteiger partial charge in [-0.2, -0.15) is 10.2 Å². The molecule has 0 unspecified atom stereocenters. The van der Waals surface area contributed by atoms with E-state index in [4.69, 9.17) is 8.83 Å². The van der Waals surface area contributed by atoms with E-state index in [1.807, 2.05) is 9.80 Å². The summed E-state index contributed by atoms with van der Waals surface area (Å²) in [5.41, 5.74) is 0.231. The smallest absolute Gasteiger partial charge is 0.266 e. The number of piperazine rings is 1. The number of nitrogens with zero attached hydrogens (tertiary/aromatic N) is 5. The molecule has 0 atom stereocenters. The Balaban J connectivity index is 1.26. The average molecular weight is 426 g/mol. The van der Waals surface area contributed by atoms with E-state index in [9.17, 15) is 14.9 Å². The molecule has 2 aliphatic rings. The molecule has 2 aliphatic heterocycles. The number of piperidine rings is 1. The summed E-state index contributed by atoms with van der Waals surface area (Å²) >= 11 is 0. The highest BCUT2D eigenvalue weighted by Crippen LogP contribution is 2.29. The molecule has 4 heterocycles. The molecular formula is C21H26N6O4. The van der Waals surface area contributed by atoms with Gasteiger partial charge in [-0.1, -0.05) is 0 Å². The summed E-state index contributed by atoms with van der Waals surface area (Å²) in [6, 6.07) is 5.68. The highest BCUT2D eigenvalue weighted by Gasteiger charge is 2.27. The minimum absolute atomic E-state index is 0.00668. The Hall–Kier alpha value is -3.32. The molecular weight excluding hydrogens is 400 g/mol. The molecule has 0 bridgehead atoms. The minimum Gasteiger partial charge on any atom is -0.459 e. The van der Waals surface area contributed by atoms with E-state index >= 15 is 0 Å². The van der Waals surface area contributed by atoms with Gasteiger partial charge >= 0.3 is 0 Å². The number of nitriles is 1. The van der Waals surface area contributed by atoms with Crippen LogP contribution in [0, 0.1) is 11.3 Å². The highest BCUT2D eigenvalue weighted by molar-refractivity contribution is 5.78. The monoisotopic (exact) mass is 426 g/mol. The van der Waals surface area contributed by atoms with Crippen LogP contribution in [0.15, 0.2) is 27.2 Å². The molecule has 0 spiro atoms. The van der Waals surface area contributed by atoms with Crippen molar-refractivity contribution in [3.63, 3.8) is 0 Å². The number of nitrogens with one attached hydrogen (secondary N) is 1. The van der Waals surface area contributed by atoms with Gasteiger partial charge in [0.2, 0.25) is 23.4 Å². The Bertz CT molecular complexity index is 947. The first-order chi connectivity index (χ1) is 15.0. The number of hydrogen-bond acceptors (Lipinski definition) is 8. The van der Waals surface area contributed by atoms with Crippen molar-refractivity contribution in [1.82, 2.24) is 20.1 Å². The first kappa shape index (κ1) is 20.9. The molecule has 4 rings (SSSR count). The third-order valence-corrected chi connectivity index (χ3v) is 5.78. The van der Waals surface area contributed by atoms with Crippen molar-refractivity contribution in [2.75, 3.05) is 50.7 Å². The zero-order chi connectivity index (χ0) is 21.8. The predicted molar refractivity (Wildman–Crippen MR) is 111 cm³/mol. The van der Waals surface area contributed by atoms with Crippen molar-refractivity contribution in [2.24, 2.45) is 0 Å². The van der Waals surface area contributed by atoms with E-state index in [2.05, 4.69) is 21.3 Å². The van der Waals surface area contributed by atoms with Gasteiger partial charge in [0.15, 0.2) is 5.76 Å². The second kappa shape index (κ2) is 9.22. The molecule has 31 heavy (non-hydrogen) atoms. The van der Waals surface area contributed by atoms with Crippen LogP contribution in [-0.4, -0.2) is 78.5 Å². The van der Waals surface area contributed by atoms with E-state index < -0.39 is 0 Å². The van der Waals surface area contributed by atoms with E-state index in [-0.39, 0.29) is 29.4 Å². The summed E-state index contributed by atoms with van der Waals surface area (Å²) in [6.45, 7) is 5.91. The molecule has 2 aromatic rings. The van der Waals surface area contributed by atoms with Gasteiger partial charge in [-0.15, -0.1) is 0 Å². The fourth-order valence-electron chi connectivity index (χ4n) is 4.03. The SMILES string of the molecule is CC(=O)N1CCC(NC(=O)CN2CCN(c3oc(-c4ccco4)nc3C#N)CC2)CC1. The van der Waals surface area contributed by atoms with Crippen molar-refractivity contribution in [3.8, 4) is 17.7 Å². The molecule has 2 saturated heterocycles. The lowest BCUT2D eigenvalue weighted by Crippen LogP contribution is -2.52. The van der Waals surface area contributed by atoms with Crippen LogP contribution in [-0.2, 0) is 9.59 Å². The van der Waals surface area contributed by atoms with E-state index in [0.717, 1.165) is 12.8 Å². The topological polar surface area (TPSA) is 119 Å².